The zero-order valence-corrected chi connectivity index (χ0v) is 12.1. The summed E-state index contributed by atoms with van der Waals surface area (Å²) in [5.74, 6) is 2.59. The van der Waals surface area contributed by atoms with Crippen molar-refractivity contribution in [3.8, 4) is 5.75 Å². The Hall–Kier alpha value is -2.07. The zero-order valence-electron chi connectivity index (χ0n) is 12.1. The van der Waals surface area contributed by atoms with Gasteiger partial charge in [-0.05, 0) is 50.4 Å². The van der Waals surface area contributed by atoms with Crippen molar-refractivity contribution in [1.29, 1.82) is 0 Å². The highest BCUT2D eigenvalue weighted by Gasteiger charge is 2.11. The van der Waals surface area contributed by atoms with Crippen LogP contribution in [-0.2, 0) is 6.54 Å². The third kappa shape index (κ3) is 3.71. The summed E-state index contributed by atoms with van der Waals surface area (Å²) in [6, 6.07) is 11.0. The number of methoxy groups -OCH3 is 1. The highest BCUT2D eigenvalue weighted by atomic mass is 16.5. The van der Waals surface area contributed by atoms with E-state index in [0.717, 1.165) is 17.3 Å². The van der Waals surface area contributed by atoms with Gasteiger partial charge in [0.1, 0.15) is 17.3 Å². The fourth-order valence-corrected chi connectivity index (χ4v) is 2.01. The van der Waals surface area contributed by atoms with E-state index in [9.17, 15) is 4.79 Å². The Bertz CT molecular complexity index is 572. The molecule has 2 rings (SSSR count). The molecule has 0 aliphatic carbocycles. The maximum atomic E-state index is 12.1. The average Bonchev–Trinajstić information content (AvgIpc) is 2.84. The van der Waals surface area contributed by atoms with Gasteiger partial charge in [-0.3, -0.25) is 9.69 Å². The fraction of sp³-hybridized carbons (Fsp3) is 0.312. The van der Waals surface area contributed by atoms with Crippen LogP contribution in [0.5, 0.6) is 5.75 Å². The van der Waals surface area contributed by atoms with Gasteiger partial charge in [-0.25, -0.2) is 0 Å². The molecule has 0 saturated carbocycles. The molecule has 0 saturated heterocycles. The number of benzene rings is 1. The first-order chi connectivity index (χ1) is 9.58. The van der Waals surface area contributed by atoms with Gasteiger partial charge in [-0.1, -0.05) is 0 Å². The van der Waals surface area contributed by atoms with Gasteiger partial charge in [-0.2, -0.15) is 0 Å². The topological polar surface area (TPSA) is 42.7 Å². The monoisotopic (exact) mass is 273 g/mol. The number of ether oxygens (including phenoxy) is 1. The fourth-order valence-electron chi connectivity index (χ4n) is 2.01. The molecule has 20 heavy (non-hydrogen) atoms. The van der Waals surface area contributed by atoms with Crippen LogP contribution in [0, 0.1) is 6.92 Å². The highest BCUT2D eigenvalue weighted by Crippen LogP contribution is 2.13. The van der Waals surface area contributed by atoms with Crippen molar-refractivity contribution in [2.24, 2.45) is 0 Å². The van der Waals surface area contributed by atoms with E-state index in [0.29, 0.717) is 18.7 Å². The Balaban J connectivity index is 1.92. The largest absolute Gasteiger partial charge is 0.497 e. The number of aryl methyl sites for hydroxylation is 1. The first-order valence-corrected chi connectivity index (χ1v) is 6.49. The van der Waals surface area contributed by atoms with Crippen LogP contribution in [0.25, 0.3) is 0 Å². The lowest BCUT2D eigenvalue weighted by Gasteiger charge is -2.14. The van der Waals surface area contributed by atoms with E-state index in [1.165, 1.54) is 0 Å². The SMILES string of the molecule is COc1ccc(C(=O)CN(C)Cc2ccc(C)o2)cc1. The number of carbonyl (C=O) groups excluding carboxylic acids is 1. The number of hydrogen-bond donors (Lipinski definition) is 0. The molecule has 0 aliphatic rings. The Morgan fingerprint density at radius 1 is 1.20 bits per heavy atom. The Morgan fingerprint density at radius 2 is 1.90 bits per heavy atom. The van der Waals surface area contributed by atoms with E-state index < -0.39 is 0 Å². The number of Topliss-reactive ketones (excluding diaryl/α,β-unsaturated/α-hetero) is 1. The second-order valence-electron chi connectivity index (χ2n) is 4.84. The van der Waals surface area contributed by atoms with Crippen molar-refractivity contribution in [2.75, 3.05) is 20.7 Å². The standard InChI is InChI=1S/C16H19NO3/c1-12-4-7-15(20-12)10-17(2)11-16(18)13-5-8-14(19-3)9-6-13/h4-9H,10-11H2,1-3H3. The van der Waals surface area contributed by atoms with Gasteiger partial charge in [0.05, 0.1) is 20.2 Å². The molecule has 0 N–H and O–H groups in total. The lowest BCUT2D eigenvalue weighted by Crippen LogP contribution is -2.25. The van der Waals surface area contributed by atoms with Gasteiger partial charge in [-0.15, -0.1) is 0 Å². The molecule has 0 radical (unpaired) electrons. The maximum Gasteiger partial charge on any atom is 0.176 e. The van der Waals surface area contributed by atoms with E-state index in [4.69, 9.17) is 9.15 Å². The molecule has 0 bridgehead atoms. The third-order valence-electron chi connectivity index (χ3n) is 3.05. The normalized spacial score (nSPS) is 10.8. The van der Waals surface area contributed by atoms with Crippen LogP contribution in [-0.4, -0.2) is 31.4 Å². The van der Waals surface area contributed by atoms with E-state index in [2.05, 4.69) is 0 Å². The van der Waals surface area contributed by atoms with Crippen molar-refractivity contribution in [3.05, 3.63) is 53.5 Å². The molecule has 1 aromatic carbocycles. The summed E-state index contributed by atoms with van der Waals surface area (Å²) >= 11 is 0. The quantitative estimate of drug-likeness (QED) is 0.759. The number of likely N-dealkylation sites (N-methyl/N-ethyl adjacent to an activating group) is 1. The minimum atomic E-state index is 0.0819. The number of nitrogens with zero attached hydrogens (tertiary/aromatic N) is 1. The van der Waals surface area contributed by atoms with Crippen LogP contribution in [0.4, 0.5) is 0 Å². The molecule has 0 unspecified atom stereocenters. The van der Waals surface area contributed by atoms with Crippen LogP contribution >= 0.6 is 0 Å². The molecule has 0 atom stereocenters. The predicted octanol–water partition coefficient (Wildman–Crippen LogP) is 2.91. The van der Waals surface area contributed by atoms with Crippen LogP contribution in [0.15, 0.2) is 40.8 Å². The van der Waals surface area contributed by atoms with Crippen molar-refractivity contribution >= 4 is 5.78 Å². The molecule has 4 heteroatoms. The summed E-state index contributed by atoms with van der Waals surface area (Å²) in [6.07, 6.45) is 0. The van der Waals surface area contributed by atoms with Gasteiger partial charge >= 0.3 is 0 Å². The van der Waals surface area contributed by atoms with E-state index in [-0.39, 0.29) is 5.78 Å². The number of rotatable bonds is 6. The smallest absolute Gasteiger partial charge is 0.176 e. The predicted molar refractivity (Wildman–Crippen MR) is 77.1 cm³/mol. The number of ketones is 1. The summed E-state index contributed by atoms with van der Waals surface area (Å²) in [7, 11) is 3.51. The average molecular weight is 273 g/mol. The van der Waals surface area contributed by atoms with E-state index in [1.807, 2.05) is 31.0 Å². The summed E-state index contributed by atoms with van der Waals surface area (Å²) in [4.78, 5) is 14.1. The molecule has 0 spiro atoms. The summed E-state index contributed by atoms with van der Waals surface area (Å²) in [6.45, 7) is 2.88. The van der Waals surface area contributed by atoms with Gasteiger partial charge < -0.3 is 9.15 Å². The number of carbonyl (C=O) groups is 1. The Morgan fingerprint density at radius 3 is 2.45 bits per heavy atom. The minimum Gasteiger partial charge on any atom is -0.497 e. The second-order valence-corrected chi connectivity index (χ2v) is 4.84. The maximum absolute atomic E-state index is 12.1. The summed E-state index contributed by atoms with van der Waals surface area (Å²) in [5.41, 5.74) is 0.688. The van der Waals surface area contributed by atoms with E-state index >= 15 is 0 Å². The van der Waals surface area contributed by atoms with Crippen LogP contribution in [0.2, 0.25) is 0 Å². The molecular formula is C16H19NO3. The van der Waals surface area contributed by atoms with Crippen molar-refractivity contribution < 1.29 is 13.9 Å². The van der Waals surface area contributed by atoms with Gasteiger partial charge in [0, 0.05) is 5.56 Å². The molecule has 0 amide bonds. The lowest BCUT2D eigenvalue weighted by atomic mass is 10.1. The first kappa shape index (κ1) is 14.3. The molecule has 0 fully saturated rings. The van der Waals surface area contributed by atoms with Crippen LogP contribution in [0.1, 0.15) is 21.9 Å². The molecule has 1 aromatic heterocycles. The lowest BCUT2D eigenvalue weighted by molar-refractivity contribution is 0.0939. The molecule has 2 aromatic rings. The summed E-state index contributed by atoms with van der Waals surface area (Å²) in [5, 5.41) is 0. The van der Waals surface area contributed by atoms with Gasteiger partial charge in [0.15, 0.2) is 5.78 Å². The number of furan rings is 1. The summed E-state index contributed by atoms with van der Waals surface area (Å²) < 4.78 is 10.6. The van der Waals surface area contributed by atoms with E-state index in [1.54, 1.807) is 31.4 Å². The third-order valence-corrected chi connectivity index (χ3v) is 3.05. The molecule has 1 heterocycles. The van der Waals surface area contributed by atoms with Crippen molar-refractivity contribution in [1.82, 2.24) is 4.90 Å². The zero-order chi connectivity index (χ0) is 14.5. The highest BCUT2D eigenvalue weighted by molar-refractivity contribution is 5.97. The Kier molecular flexibility index (Phi) is 4.58. The van der Waals surface area contributed by atoms with Crippen LogP contribution in [0.3, 0.4) is 0 Å². The molecule has 4 nitrogen and oxygen atoms in total. The molecule has 0 aliphatic heterocycles. The molecule has 106 valence electrons. The molecular weight excluding hydrogens is 254 g/mol. The van der Waals surface area contributed by atoms with Crippen LogP contribution < -0.4 is 4.74 Å². The number of hydrogen-bond acceptors (Lipinski definition) is 4. The first-order valence-electron chi connectivity index (χ1n) is 6.49. The minimum absolute atomic E-state index is 0.0819. The van der Waals surface area contributed by atoms with Crippen molar-refractivity contribution in [3.63, 3.8) is 0 Å². The van der Waals surface area contributed by atoms with Gasteiger partial charge in [0.25, 0.3) is 0 Å². The second kappa shape index (κ2) is 6.39. The van der Waals surface area contributed by atoms with Gasteiger partial charge in [0.2, 0.25) is 0 Å². The van der Waals surface area contributed by atoms with Crippen molar-refractivity contribution in [2.45, 2.75) is 13.5 Å². The Labute approximate surface area is 119 Å².